The van der Waals surface area contributed by atoms with Gasteiger partial charge < -0.3 is 5.32 Å². The maximum Gasteiger partial charge on any atom is 0.266 e. The smallest absolute Gasteiger partial charge is 0.266 e. The summed E-state index contributed by atoms with van der Waals surface area (Å²) in [6.45, 7) is 0.907. The number of rotatable bonds is 7. The average molecular weight is 321 g/mol. The molecule has 120 valence electrons. The molecule has 2 saturated carbocycles. The molecule has 2 aliphatic carbocycles. The number of hydrogen-bond donors (Lipinski definition) is 1. The molecule has 1 heterocycles. The molecule has 1 amide bonds. The topological polar surface area (TPSA) is 64.0 Å². The fourth-order valence-corrected chi connectivity index (χ4v) is 3.98. The number of hydrogen-bond acceptors (Lipinski definition) is 4. The molecule has 0 radical (unpaired) electrons. The first kappa shape index (κ1) is 15.6. The van der Waals surface area contributed by atoms with Crippen LogP contribution in [0, 0.1) is 0 Å². The molecule has 5 nitrogen and oxygen atoms in total. The molecule has 2 fully saturated rings. The summed E-state index contributed by atoms with van der Waals surface area (Å²) >= 11 is 1.76. The minimum absolute atomic E-state index is 0.0586. The van der Waals surface area contributed by atoms with Gasteiger partial charge in [-0.1, -0.05) is 12.8 Å². The minimum Gasteiger partial charge on any atom is -0.354 e. The van der Waals surface area contributed by atoms with Gasteiger partial charge in [0.05, 0.1) is 18.0 Å². The zero-order valence-electron chi connectivity index (χ0n) is 12.8. The SMILES string of the molecule is O=C(CSC1CCCC1)NCCn1nc(C2CC2)ccc1=O. The van der Waals surface area contributed by atoms with Gasteiger partial charge >= 0.3 is 0 Å². The summed E-state index contributed by atoms with van der Waals surface area (Å²) in [5.41, 5.74) is 0.904. The van der Waals surface area contributed by atoms with Crippen LogP contribution < -0.4 is 10.9 Å². The van der Waals surface area contributed by atoms with Crippen molar-refractivity contribution in [3.8, 4) is 0 Å². The standard InChI is InChI=1S/C16H23N3O2S/c20-15(11-22-13-3-1-2-4-13)17-9-10-19-16(21)8-7-14(18-19)12-5-6-12/h7-8,12-13H,1-6,9-11H2,(H,17,20). The fraction of sp³-hybridized carbons (Fsp3) is 0.688. The molecule has 1 aromatic rings. The van der Waals surface area contributed by atoms with Gasteiger partial charge in [0.15, 0.2) is 0 Å². The molecule has 2 aliphatic rings. The molecule has 0 atom stereocenters. The first-order chi connectivity index (χ1) is 10.7. The number of nitrogens with zero attached hydrogens (tertiary/aromatic N) is 2. The Morgan fingerprint density at radius 2 is 2.05 bits per heavy atom. The molecule has 0 bridgehead atoms. The highest BCUT2D eigenvalue weighted by Gasteiger charge is 2.25. The van der Waals surface area contributed by atoms with Gasteiger partial charge in [0.25, 0.3) is 5.56 Å². The van der Waals surface area contributed by atoms with E-state index in [1.807, 2.05) is 6.07 Å². The molecular weight excluding hydrogens is 298 g/mol. The summed E-state index contributed by atoms with van der Waals surface area (Å²) in [6.07, 6.45) is 7.41. The van der Waals surface area contributed by atoms with Crippen molar-refractivity contribution < 1.29 is 4.79 Å². The molecule has 0 aliphatic heterocycles. The molecule has 6 heteroatoms. The van der Waals surface area contributed by atoms with E-state index in [1.54, 1.807) is 17.8 Å². The summed E-state index contributed by atoms with van der Waals surface area (Å²) < 4.78 is 1.47. The second-order valence-electron chi connectivity index (χ2n) is 6.16. The third-order valence-corrected chi connectivity index (χ3v) is 5.65. The highest BCUT2D eigenvalue weighted by Crippen LogP contribution is 2.38. The van der Waals surface area contributed by atoms with Crippen LogP contribution >= 0.6 is 11.8 Å². The van der Waals surface area contributed by atoms with Crippen molar-refractivity contribution in [2.75, 3.05) is 12.3 Å². The number of thioether (sulfide) groups is 1. The number of carbonyl (C=O) groups excluding carboxylic acids is 1. The van der Waals surface area contributed by atoms with Crippen LogP contribution in [0.4, 0.5) is 0 Å². The van der Waals surface area contributed by atoms with E-state index in [0.29, 0.717) is 30.0 Å². The molecule has 0 unspecified atom stereocenters. The van der Waals surface area contributed by atoms with Gasteiger partial charge in [-0.3, -0.25) is 9.59 Å². The van der Waals surface area contributed by atoms with E-state index in [-0.39, 0.29) is 11.5 Å². The van der Waals surface area contributed by atoms with Crippen LogP contribution in [0.1, 0.15) is 50.1 Å². The second-order valence-corrected chi connectivity index (χ2v) is 7.45. The van der Waals surface area contributed by atoms with Gasteiger partial charge in [0.1, 0.15) is 0 Å². The molecule has 1 N–H and O–H groups in total. The van der Waals surface area contributed by atoms with E-state index in [9.17, 15) is 9.59 Å². The predicted molar refractivity (Wildman–Crippen MR) is 88.2 cm³/mol. The fourth-order valence-electron chi connectivity index (χ4n) is 2.82. The van der Waals surface area contributed by atoms with Gasteiger partial charge in [0.2, 0.25) is 5.91 Å². The van der Waals surface area contributed by atoms with Crippen LogP contribution in [0.25, 0.3) is 0 Å². The molecule has 22 heavy (non-hydrogen) atoms. The number of carbonyl (C=O) groups is 1. The Balaban J connectivity index is 1.41. The Morgan fingerprint density at radius 1 is 1.27 bits per heavy atom. The van der Waals surface area contributed by atoms with E-state index >= 15 is 0 Å². The maximum atomic E-state index is 11.8. The zero-order valence-corrected chi connectivity index (χ0v) is 13.6. The Bertz CT molecular complexity index is 577. The van der Waals surface area contributed by atoms with Crippen LogP contribution in [-0.2, 0) is 11.3 Å². The average Bonchev–Trinajstić information content (AvgIpc) is 3.23. The van der Waals surface area contributed by atoms with Gasteiger partial charge in [-0.05, 0) is 31.7 Å². The Morgan fingerprint density at radius 3 is 2.77 bits per heavy atom. The van der Waals surface area contributed by atoms with Gasteiger partial charge in [-0.2, -0.15) is 5.10 Å². The van der Waals surface area contributed by atoms with Crippen LogP contribution in [0.2, 0.25) is 0 Å². The summed E-state index contributed by atoms with van der Waals surface area (Å²) in [5, 5.41) is 7.93. The lowest BCUT2D eigenvalue weighted by molar-refractivity contribution is -0.118. The van der Waals surface area contributed by atoms with Crippen molar-refractivity contribution in [3.63, 3.8) is 0 Å². The maximum absolute atomic E-state index is 11.8. The van der Waals surface area contributed by atoms with Crippen LogP contribution in [0.3, 0.4) is 0 Å². The van der Waals surface area contributed by atoms with Crippen molar-refractivity contribution >= 4 is 17.7 Å². The van der Waals surface area contributed by atoms with E-state index in [0.717, 1.165) is 5.69 Å². The van der Waals surface area contributed by atoms with Gasteiger partial charge in [-0.25, -0.2) is 4.68 Å². The third-order valence-electron chi connectivity index (χ3n) is 4.28. The quantitative estimate of drug-likeness (QED) is 0.833. The van der Waals surface area contributed by atoms with Gasteiger partial charge in [-0.15, -0.1) is 11.8 Å². The summed E-state index contributed by atoms with van der Waals surface area (Å²) in [6, 6.07) is 3.41. The molecule has 0 aromatic carbocycles. The van der Waals surface area contributed by atoms with Crippen molar-refractivity contribution in [1.82, 2.24) is 15.1 Å². The summed E-state index contributed by atoms with van der Waals surface area (Å²) in [4.78, 5) is 23.6. The van der Waals surface area contributed by atoms with Crippen molar-refractivity contribution in [3.05, 3.63) is 28.2 Å². The summed E-state index contributed by atoms with van der Waals surface area (Å²) in [5.74, 6) is 1.11. The first-order valence-corrected chi connectivity index (χ1v) is 9.23. The highest BCUT2D eigenvalue weighted by atomic mass is 32.2. The molecule has 3 rings (SSSR count). The zero-order chi connectivity index (χ0) is 15.4. The van der Waals surface area contributed by atoms with Crippen molar-refractivity contribution in [2.24, 2.45) is 0 Å². The number of amides is 1. The molecule has 0 spiro atoms. The van der Waals surface area contributed by atoms with E-state index in [1.165, 1.54) is 43.2 Å². The van der Waals surface area contributed by atoms with Crippen molar-refractivity contribution in [2.45, 2.75) is 56.2 Å². The lowest BCUT2D eigenvalue weighted by atomic mass is 10.3. The van der Waals surface area contributed by atoms with E-state index in [4.69, 9.17) is 0 Å². The Hall–Kier alpha value is -1.30. The van der Waals surface area contributed by atoms with E-state index in [2.05, 4.69) is 10.4 Å². The van der Waals surface area contributed by atoms with Crippen molar-refractivity contribution in [1.29, 1.82) is 0 Å². The lowest BCUT2D eigenvalue weighted by Gasteiger charge is -2.10. The van der Waals surface area contributed by atoms with Crippen LogP contribution in [-0.4, -0.2) is 33.2 Å². The summed E-state index contributed by atoms with van der Waals surface area (Å²) in [7, 11) is 0. The monoisotopic (exact) mass is 321 g/mol. The molecular formula is C16H23N3O2S. The largest absolute Gasteiger partial charge is 0.354 e. The highest BCUT2D eigenvalue weighted by molar-refractivity contribution is 8.00. The molecule has 0 saturated heterocycles. The third kappa shape index (κ3) is 4.35. The Kier molecular flexibility index (Phi) is 5.18. The predicted octanol–water partition coefficient (Wildman–Crippen LogP) is 1.91. The van der Waals surface area contributed by atoms with Crippen LogP contribution in [0.5, 0.6) is 0 Å². The first-order valence-electron chi connectivity index (χ1n) is 8.19. The minimum atomic E-state index is -0.0982. The van der Waals surface area contributed by atoms with Crippen LogP contribution in [0.15, 0.2) is 16.9 Å². The second kappa shape index (κ2) is 7.31. The Labute approximate surface area is 134 Å². The molecule has 1 aromatic heterocycles. The number of aromatic nitrogens is 2. The van der Waals surface area contributed by atoms with E-state index < -0.39 is 0 Å². The van der Waals surface area contributed by atoms with Gasteiger partial charge in [0, 0.05) is 23.8 Å². The lowest BCUT2D eigenvalue weighted by Crippen LogP contribution is -2.33. The number of nitrogens with one attached hydrogen (secondary N) is 1. The normalized spacial score (nSPS) is 18.5.